The molecule has 6 heteroatoms. The van der Waals surface area contributed by atoms with Gasteiger partial charge in [-0.25, -0.2) is 0 Å². The molecule has 1 aromatic heterocycles. The van der Waals surface area contributed by atoms with E-state index in [2.05, 4.69) is 27.6 Å². The van der Waals surface area contributed by atoms with Crippen LogP contribution in [-0.2, 0) is 11.2 Å². The summed E-state index contributed by atoms with van der Waals surface area (Å²) in [5.41, 5.74) is 2.21. The summed E-state index contributed by atoms with van der Waals surface area (Å²) in [6, 6.07) is 20.1. The summed E-state index contributed by atoms with van der Waals surface area (Å²) >= 11 is 1.42. The number of nitrogens with one attached hydrogen (secondary N) is 1. The van der Waals surface area contributed by atoms with Crippen LogP contribution < -0.4 is 5.32 Å². The minimum absolute atomic E-state index is 0.00574. The van der Waals surface area contributed by atoms with Gasteiger partial charge in [0.1, 0.15) is 5.82 Å². The molecule has 26 heavy (non-hydrogen) atoms. The lowest BCUT2D eigenvalue weighted by atomic mass is 10.1. The third-order valence-corrected chi connectivity index (χ3v) is 5.06. The average Bonchev–Trinajstić information content (AvgIpc) is 3.03. The molecule has 0 unspecified atom stereocenters. The Kier molecular flexibility index (Phi) is 6.07. The first-order valence-corrected chi connectivity index (χ1v) is 9.49. The van der Waals surface area contributed by atoms with Crippen molar-refractivity contribution in [3.63, 3.8) is 0 Å². The van der Waals surface area contributed by atoms with Gasteiger partial charge in [0.2, 0.25) is 5.91 Å². The van der Waals surface area contributed by atoms with Crippen molar-refractivity contribution < 1.29 is 4.79 Å². The highest BCUT2D eigenvalue weighted by molar-refractivity contribution is 8.00. The summed E-state index contributed by atoms with van der Waals surface area (Å²) in [5.74, 6) is 0.807. The first kappa shape index (κ1) is 18.2. The van der Waals surface area contributed by atoms with Gasteiger partial charge in [-0.15, -0.1) is 10.2 Å². The van der Waals surface area contributed by atoms with Crippen molar-refractivity contribution in [2.75, 3.05) is 6.54 Å². The third kappa shape index (κ3) is 4.52. The number of thioether (sulfide) groups is 1. The Morgan fingerprint density at radius 1 is 1.08 bits per heavy atom. The molecular formula is C20H22N4OS. The normalized spacial score (nSPS) is 11.9. The number of hydrogen-bond donors (Lipinski definition) is 1. The number of hydrogen-bond acceptors (Lipinski definition) is 4. The lowest BCUT2D eigenvalue weighted by Crippen LogP contribution is -2.32. The molecule has 0 saturated heterocycles. The Bertz CT molecular complexity index is 849. The Labute approximate surface area is 157 Å². The number of benzene rings is 2. The fourth-order valence-electron chi connectivity index (χ4n) is 2.62. The van der Waals surface area contributed by atoms with Crippen LogP contribution in [0.2, 0.25) is 0 Å². The van der Waals surface area contributed by atoms with Crippen LogP contribution in [0.3, 0.4) is 0 Å². The van der Waals surface area contributed by atoms with Gasteiger partial charge < -0.3 is 5.32 Å². The van der Waals surface area contributed by atoms with E-state index in [0.717, 1.165) is 23.1 Å². The summed E-state index contributed by atoms with van der Waals surface area (Å²) < 4.78 is 1.97. The molecule has 1 atom stereocenters. The monoisotopic (exact) mass is 366 g/mol. The van der Waals surface area contributed by atoms with Crippen LogP contribution in [0.15, 0.2) is 65.8 Å². The molecule has 0 bridgehead atoms. The average molecular weight is 366 g/mol. The van der Waals surface area contributed by atoms with E-state index in [4.69, 9.17) is 0 Å². The second kappa shape index (κ2) is 8.67. The fourth-order valence-corrected chi connectivity index (χ4v) is 3.56. The molecule has 2 aromatic carbocycles. The number of aryl methyl sites for hydroxylation is 1. The van der Waals surface area contributed by atoms with Gasteiger partial charge in [0, 0.05) is 12.2 Å². The molecule has 0 aliphatic carbocycles. The molecule has 134 valence electrons. The maximum atomic E-state index is 12.4. The second-order valence-corrected chi connectivity index (χ2v) is 7.30. The predicted octanol–water partition coefficient (Wildman–Crippen LogP) is 3.42. The predicted molar refractivity (Wildman–Crippen MR) is 105 cm³/mol. The zero-order valence-corrected chi connectivity index (χ0v) is 15.7. The highest BCUT2D eigenvalue weighted by Gasteiger charge is 2.19. The number of nitrogens with zero attached hydrogens (tertiary/aromatic N) is 3. The Hall–Kier alpha value is -2.60. The molecule has 5 nitrogen and oxygen atoms in total. The van der Waals surface area contributed by atoms with Crippen molar-refractivity contribution >= 4 is 17.7 Å². The molecule has 0 saturated carbocycles. The van der Waals surface area contributed by atoms with Gasteiger partial charge >= 0.3 is 0 Å². The van der Waals surface area contributed by atoms with E-state index in [9.17, 15) is 4.79 Å². The van der Waals surface area contributed by atoms with Crippen molar-refractivity contribution in [2.24, 2.45) is 0 Å². The molecule has 0 aliphatic rings. The van der Waals surface area contributed by atoms with E-state index in [1.807, 2.05) is 66.9 Å². The number of carbonyl (C=O) groups excluding carboxylic acids is 1. The molecule has 1 N–H and O–H groups in total. The van der Waals surface area contributed by atoms with Crippen LogP contribution in [0, 0.1) is 6.92 Å². The Morgan fingerprint density at radius 2 is 1.73 bits per heavy atom. The van der Waals surface area contributed by atoms with Crippen molar-refractivity contribution in [2.45, 2.75) is 30.7 Å². The van der Waals surface area contributed by atoms with Gasteiger partial charge in [-0.05, 0) is 38.0 Å². The van der Waals surface area contributed by atoms with E-state index in [1.54, 1.807) is 0 Å². The van der Waals surface area contributed by atoms with E-state index < -0.39 is 0 Å². The summed E-state index contributed by atoms with van der Waals surface area (Å²) in [4.78, 5) is 12.4. The molecule has 0 fully saturated rings. The van der Waals surface area contributed by atoms with E-state index in [0.29, 0.717) is 6.54 Å². The van der Waals surface area contributed by atoms with E-state index in [-0.39, 0.29) is 11.2 Å². The number of rotatable bonds is 7. The van der Waals surface area contributed by atoms with Gasteiger partial charge in [0.15, 0.2) is 5.16 Å². The Balaban J connectivity index is 1.59. The van der Waals surface area contributed by atoms with E-state index >= 15 is 0 Å². The molecule has 0 radical (unpaired) electrons. The molecule has 1 amide bonds. The molecule has 3 rings (SSSR count). The van der Waals surface area contributed by atoms with Crippen LogP contribution in [0.1, 0.15) is 18.3 Å². The summed E-state index contributed by atoms with van der Waals surface area (Å²) in [6.07, 6.45) is 0.823. The first-order valence-electron chi connectivity index (χ1n) is 8.61. The fraction of sp³-hybridized carbons (Fsp3) is 0.250. The highest BCUT2D eigenvalue weighted by atomic mass is 32.2. The second-order valence-electron chi connectivity index (χ2n) is 5.99. The number of carbonyl (C=O) groups is 1. The topological polar surface area (TPSA) is 59.8 Å². The molecule has 1 heterocycles. The quantitative estimate of drug-likeness (QED) is 0.651. The SMILES string of the molecule is Cc1nnc(S[C@@H](C)C(=O)NCCc2ccccc2)n1-c1ccccc1. The van der Waals surface area contributed by atoms with Gasteiger partial charge in [0.05, 0.1) is 5.25 Å². The van der Waals surface area contributed by atoms with Gasteiger partial charge in [-0.2, -0.15) is 0 Å². The standard InChI is InChI=1S/C20H22N4OS/c1-15(19(25)21-14-13-17-9-5-3-6-10-17)26-20-23-22-16(2)24(20)18-11-7-4-8-12-18/h3-12,15H,13-14H2,1-2H3,(H,21,25)/t15-/m0/s1. The number of aromatic nitrogens is 3. The van der Waals surface area contributed by atoms with Gasteiger partial charge in [0.25, 0.3) is 0 Å². The minimum atomic E-state index is -0.253. The van der Waals surface area contributed by atoms with Crippen LogP contribution in [0.4, 0.5) is 0 Å². The maximum absolute atomic E-state index is 12.4. The summed E-state index contributed by atoms with van der Waals surface area (Å²) in [6.45, 7) is 4.43. The largest absolute Gasteiger partial charge is 0.355 e. The number of para-hydroxylation sites is 1. The van der Waals surface area contributed by atoms with Gasteiger partial charge in [-0.3, -0.25) is 9.36 Å². The zero-order valence-electron chi connectivity index (χ0n) is 14.9. The molecular weight excluding hydrogens is 344 g/mol. The molecule has 3 aromatic rings. The molecule has 0 aliphatic heterocycles. The zero-order chi connectivity index (χ0) is 18.4. The number of amides is 1. The summed E-state index contributed by atoms with van der Waals surface area (Å²) in [7, 11) is 0. The van der Waals surface area contributed by atoms with Crippen molar-refractivity contribution in [3.8, 4) is 5.69 Å². The smallest absolute Gasteiger partial charge is 0.233 e. The first-order chi connectivity index (χ1) is 12.6. The lowest BCUT2D eigenvalue weighted by molar-refractivity contribution is -0.120. The minimum Gasteiger partial charge on any atom is -0.355 e. The Morgan fingerprint density at radius 3 is 2.42 bits per heavy atom. The van der Waals surface area contributed by atoms with Crippen molar-refractivity contribution in [1.29, 1.82) is 0 Å². The van der Waals surface area contributed by atoms with Crippen molar-refractivity contribution in [1.82, 2.24) is 20.1 Å². The highest BCUT2D eigenvalue weighted by Crippen LogP contribution is 2.25. The van der Waals surface area contributed by atoms with Crippen molar-refractivity contribution in [3.05, 3.63) is 72.1 Å². The van der Waals surface area contributed by atoms with Crippen LogP contribution in [0.25, 0.3) is 5.69 Å². The van der Waals surface area contributed by atoms with Crippen LogP contribution in [0.5, 0.6) is 0 Å². The maximum Gasteiger partial charge on any atom is 0.233 e. The molecule has 0 spiro atoms. The lowest BCUT2D eigenvalue weighted by Gasteiger charge is -2.13. The third-order valence-electron chi connectivity index (χ3n) is 4.02. The summed E-state index contributed by atoms with van der Waals surface area (Å²) in [5, 5.41) is 11.9. The van der Waals surface area contributed by atoms with Gasteiger partial charge in [-0.1, -0.05) is 60.3 Å². The van der Waals surface area contributed by atoms with Crippen LogP contribution >= 0.6 is 11.8 Å². The van der Waals surface area contributed by atoms with E-state index in [1.165, 1.54) is 17.3 Å². The van der Waals surface area contributed by atoms with Crippen LogP contribution in [-0.4, -0.2) is 32.5 Å².